The summed E-state index contributed by atoms with van der Waals surface area (Å²) in [6.45, 7) is 29.6. The minimum Gasteiger partial charge on any atom is -0.466 e. The summed E-state index contributed by atoms with van der Waals surface area (Å²) >= 11 is 0. The monoisotopic (exact) mass is 904 g/mol. The van der Waals surface area contributed by atoms with Crippen molar-refractivity contribution in [3.05, 3.63) is 0 Å². The molecule has 13 heteroatoms. The number of ether oxygens (including phenoxy) is 7. The molecule has 5 unspecified atom stereocenters. The number of hydrogen-bond donors (Lipinski definition) is 1. The van der Waals surface area contributed by atoms with Gasteiger partial charge in [0, 0.05) is 32.6 Å². The van der Waals surface area contributed by atoms with Crippen LogP contribution in [0.1, 0.15) is 174 Å². The van der Waals surface area contributed by atoms with E-state index in [1.54, 1.807) is 13.8 Å². The van der Waals surface area contributed by atoms with Gasteiger partial charge in [0.15, 0.2) is 12.4 Å². The molecule has 0 bridgehead atoms. The first-order valence-electron chi connectivity index (χ1n) is 24.8. The van der Waals surface area contributed by atoms with E-state index in [0.717, 1.165) is 25.7 Å². The predicted molar refractivity (Wildman–Crippen MR) is 241 cm³/mol. The van der Waals surface area contributed by atoms with Crippen LogP contribution in [0.4, 0.5) is 0 Å². The van der Waals surface area contributed by atoms with Gasteiger partial charge in [0.2, 0.25) is 0 Å². The van der Waals surface area contributed by atoms with Crippen molar-refractivity contribution in [1.82, 2.24) is 5.32 Å². The van der Waals surface area contributed by atoms with Crippen LogP contribution in [0.25, 0.3) is 0 Å². The van der Waals surface area contributed by atoms with E-state index in [4.69, 9.17) is 33.2 Å². The average Bonchev–Trinajstić information content (AvgIpc) is 3.59. The molecule has 13 nitrogen and oxygen atoms in total. The van der Waals surface area contributed by atoms with Crippen LogP contribution >= 0.6 is 0 Å². The van der Waals surface area contributed by atoms with Gasteiger partial charge >= 0.3 is 29.8 Å². The lowest BCUT2D eigenvalue weighted by molar-refractivity contribution is -0.327. The van der Waals surface area contributed by atoms with Crippen LogP contribution in [0.15, 0.2) is 0 Å². The molecule has 0 spiro atoms. The van der Waals surface area contributed by atoms with Crippen molar-refractivity contribution in [3.63, 3.8) is 0 Å². The minimum absolute atomic E-state index is 0.0163. The van der Waals surface area contributed by atoms with Crippen LogP contribution in [0.5, 0.6) is 0 Å². The summed E-state index contributed by atoms with van der Waals surface area (Å²) in [5.41, 5.74) is -0.758. The van der Waals surface area contributed by atoms with Crippen molar-refractivity contribution in [1.29, 1.82) is 0 Å². The third-order valence-corrected chi connectivity index (χ3v) is 18.1. The van der Waals surface area contributed by atoms with E-state index in [2.05, 4.69) is 53.8 Å². The Morgan fingerprint density at radius 2 is 1.39 bits per heavy atom. The standard InChI is InChI=1S/C51H85NO12/c1-15-37-43(61-33(7)54)31(5)44(62-34(8)55)46(63-37)64-51(14,23-18-19-27-52-36(45(57)59-17-3)28-41(56)58-16-2)35-21-25-50(13)42(35)38(60-32(6)53)29-40-48(11)24-20-30(4)47(9,10)39(48)22-26-49(40,50)12/h30-31,35-40,42-44,46,52H,15-29H2,1-14H3/t30-,31-,35?,36?,37+,38?,39?,40?,42-,43-,44+,46+,48-,49+,50+,51-/m0/s1. The molecule has 1 saturated heterocycles. The van der Waals surface area contributed by atoms with Gasteiger partial charge in [-0.15, -0.1) is 0 Å². The molecule has 0 aromatic rings. The fourth-order valence-electron chi connectivity index (χ4n) is 14.5. The molecule has 64 heavy (non-hydrogen) atoms. The van der Waals surface area contributed by atoms with E-state index in [9.17, 15) is 24.0 Å². The zero-order valence-corrected chi connectivity index (χ0v) is 41.9. The lowest BCUT2D eigenvalue weighted by atomic mass is 9.34. The number of carbonyl (C=O) groups is 5. The molecule has 5 fully saturated rings. The summed E-state index contributed by atoms with van der Waals surface area (Å²) in [6, 6.07) is -0.842. The first kappa shape index (κ1) is 52.2. The zero-order chi connectivity index (χ0) is 47.6. The Labute approximate surface area is 384 Å². The molecule has 16 atom stereocenters. The Hall–Kier alpha value is -2.77. The number of carbonyl (C=O) groups excluding carboxylic acids is 5. The van der Waals surface area contributed by atoms with Gasteiger partial charge in [0.05, 0.1) is 31.3 Å². The summed E-state index contributed by atoms with van der Waals surface area (Å²) in [4.78, 5) is 63.7. The molecular weight excluding hydrogens is 819 g/mol. The fraction of sp³-hybridized carbons (Fsp3) is 0.902. The molecule has 0 aromatic heterocycles. The lowest BCUT2D eigenvalue weighted by Gasteiger charge is -2.71. The molecule has 1 aliphatic heterocycles. The van der Waals surface area contributed by atoms with Crippen LogP contribution in [0.2, 0.25) is 0 Å². The van der Waals surface area contributed by atoms with E-state index in [1.165, 1.54) is 40.0 Å². The second-order valence-corrected chi connectivity index (χ2v) is 21.9. The molecule has 366 valence electrons. The van der Waals surface area contributed by atoms with Gasteiger partial charge in [-0.2, -0.15) is 0 Å². The summed E-state index contributed by atoms with van der Waals surface area (Å²) in [7, 11) is 0. The summed E-state index contributed by atoms with van der Waals surface area (Å²) in [5, 5.41) is 3.25. The fourth-order valence-corrected chi connectivity index (χ4v) is 14.5. The largest absolute Gasteiger partial charge is 0.466 e. The predicted octanol–water partition coefficient (Wildman–Crippen LogP) is 8.90. The average molecular weight is 904 g/mol. The Morgan fingerprint density at radius 1 is 0.766 bits per heavy atom. The number of unbranched alkanes of at least 4 members (excludes halogenated alkanes) is 1. The minimum atomic E-state index is -0.969. The van der Waals surface area contributed by atoms with Gasteiger partial charge in [-0.1, -0.05) is 55.4 Å². The van der Waals surface area contributed by atoms with Gasteiger partial charge in [0.1, 0.15) is 18.2 Å². The molecule has 4 saturated carbocycles. The molecule has 5 aliphatic rings. The van der Waals surface area contributed by atoms with Crippen LogP contribution in [-0.2, 0) is 57.1 Å². The second kappa shape index (κ2) is 20.6. The quantitative estimate of drug-likeness (QED) is 0.0790. The van der Waals surface area contributed by atoms with E-state index < -0.39 is 66.0 Å². The maximum Gasteiger partial charge on any atom is 0.323 e. The summed E-state index contributed by atoms with van der Waals surface area (Å²) in [5.74, 6) is -1.12. The maximum atomic E-state index is 13.2. The summed E-state index contributed by atoms with van der Waals surface area (Å²) in [6.07, 6.45) is 6.26. The van der Waals surface area contributed by atoms with Crippen LogP contribution < -0.4 is 5.32 Å². The van der Waals surface area contributed by atoms with Crippen LogP contribution in [0, 0.1) is 57.2 Å². The van der Waals surface area contributed by atoms with Crippen molar-refractivity contribution in [2.45, 2.75) is 216 Å². The highest BCUT2D eigenvalue weighted by Gasteiger charge is 2.72. The van der Waals surface area contributed by atoms with E-state index in [-0.39, 0.29) is 65.2 Å². The maximum absolute atomic E-state index is 13.2. The van der Waals surface area contributed by atoms with Gasteiger partial charge < -0.3 is 38.5 Å². The highest BCUT2D eigenvalue weighted by Crippen LogP contribution is 2.76. The van der Waals surface area contributed by atoms with E-state index >= 15 is 0 Å². The molecule has 1 N–H and O–H groups in total. The van der Waals surface area contributed by atoms with Crippen molar-refractivity contribution in [2.75, 3.05) is 19.8 Å². The van der Waals surface area contributed by atoms with Gasteiger partial charge in [-0.25, -0.2) is 0 Å². The van der Waals surface area contributed by atoms with Gasteiger partial charge in [-0.05, 0) is 143 Å². The lowest BCUT2D eigenvalue weighted by Crippen LogP contribution is -2.66. The highest BCUT2D eigenvalue weighted by atomic mass is 16.7. The zero-order valence-electron chi connectivity index (χ0n) is 41.9. The molecule has 4 aliphatic carbocycles. The molecule has 0 aromatic carbocycles. The van der Waals surface area contributed by atoms with E-state index in [1.807, 2.05) is 13.8 Å². The van der Waals surface area contributed by atoms with Crippen molar-refractivity contribution in [2.24, 2.45) is 57.2 Å². The van der Waals surface area contributed by atoms with Gasteiger partial charge in [-0.3, -0.25) is 24.0 Å². The number of hydrogen-bond acceptors (Lipinski definition) is 13. The van der Waals surface area contributed by atoms with Crippen molar-refractivity contribution in [3.8, 4) is 0 Å². The Balaban J connectivity index is 1.52. The highest BCUT2D eigenvalue weighted by molar-refractivity contribution is 5.82. The van der Waals surface area contributed by atoms with Crippen LogP contribution in [0.3, 0.4) is 0 Å². The second-order valence-electron chi connectivity index (χ2n) is 21.9. The number of rotatable bonds is 18. The first-order chi connectivity index (χ1) is 29.9. The van der Waals surface area contributed by atoms with E-state index in [0.29, 0.717) is 50.0 Å². The first-order valence-corrected chi connectivity index (χ1v) is 24.8. The molecular formula is C51H85NO12. The third kappa shape index (κ3) is 10.2. The SMILES string of the molecule is CCOC(=O)CC(NCCCC[C@](C)(O[C@H]1O[C@H](CC)[C@@H](OC(C)=O)[C@H](C)[C@H]1OC(C)=O)C1CC[C@]2(C)[C@@H]1C(OC(C)=O)CC1[C@@]3(C)CC[C@H](C)C(C)(C)C3CC[C@]12C)C(=O)OCC. The number of nitrogens with one attached hydrogen (secondary N) is 1. The molecule has 0 radical (unpaired) electrons. The van der Waals surface area contributed by atoms with Crippen molar-refractivity contribution >= 4 is 29.8 Å². The van der Waals surface area contributed by atoms with Crippen molar-refractivity contribution < 1.29 is 57.1 Å². The normalized spacial score (nSPS) is 39.1. The smallest absolute Gasteiger partial charge is 0.323 e. The molecule has 1 heterocycles. The Bertz CT molecular complexity index is 1670. The Kier molecular flexibility index (Phi) is 16.8. The number of fused-ring (bicyclic) bond motifs is 5. The topological polar surface area (TPSA) is 162 Å². The molecule has 5 rings (SSSR count). The van der Waals surface area contributed by atoms with Crippen LogP contribution in [-0.4, -0.2) is 92.0 Å². The number of esters is 5. The Morgan fingerprint density at radius 3 is 2.00 bits per heavy atom. The van der Waals surface area contributed by atoms with Gasteiger partial charge in [0.25, 0.3) is 0 Å². The third-order valence-electron chi connectivity index (χ3n) is 18.1. The summed E-state index contributed by atoms with van der Waals surface area (Å²) < 4.78 is 43.0. The molecule has 0 amide bonds.